The monoisotopic (exact) mass is 267 g/mol. The van der Waals surface area contributed by atoms with Crippen molar-refractivity contribution in [3.63, 3.8) is 0 Å². The van der Waals surface area contributed by atoms with E-state index in [1.807, 2.05) is 17.7 Å². The van der Waals surface area contributed by atoms with Crippen LogP contribution in [0.2, 0.25) is 0 Å². The van der Waals surface area contributed by atoms with Gasteiger partial charge in [0.2, 0.25) is 0 Å². The van der Waals surface area contributed by atoms with Crippen molar-refractivity contribution in [3.05, 3.63) is 27.4 Å². The lowest BCUT2D eigenvalue weighted by Crippen LogP contribution is -2.02. The number of hydrogen-bond acceptors (Lipinski definition) is 4. The smallest absolute Gasteiger partial charge is 0.304 e. The summed E-state index contributed by atoms with van der Waals surface area (Å²) in [5.41, 5.74) is 2.19. The Morgan fingerprint density at radius 3 is 2.88 bits per heavy atom. The maximum absolute atomic E-state index is 10.7. The number of carboxylic acid groups (broad SMARTS) is 1. The Morgan fingerprint density at radius 1 is 1.53 bits per heavy atom. The number of carboxylic acids is 1. The van der Waals surface area contributed by atoms with Crippen LogP contribution in [-0.2, 0) is 4.79 Å². The number of hydrogen-bond donors (Lipinski definition) is 1. The number of nitrogens with zero attached hydrogens (tertiary/aromatic N) is 1. The van der Waals surface area contributed by atoms with Gasteiger partial charge in [0.15, 0.2) is 0 Å². The van der Waals surface area contributed by atoms with Gasteiger partial charge in [-0.05, 0) is 23.9 Å². The highest BCUT2D eigenvalue weighted by Crippen LogP contribution is 2.32. The molecular weight excluding hydrogens is 254 g/mol. The van der Waals surface area contributed by atoms with Crippen LogP contribution in [0, 0.1) is 6.92 Å². The van der Waals surface area contributed by atoms with Crippen LogP contribution < -0.4 is 0 Å². The highest BCUT2D eigenvalue weighted by Gasteiger charge is 2.15. The molecule has 0 spiro atoms. The van der Waals surface area contributed by atoms with Gasteiger partial charge in [0.25, 0.3) is 0 Å². The van der Waals surface area contributed by atoms with Crippen molar-refractivity contribution >= 4 is 28.6 Å². The molecule has 2 rings (SSSR count). The third-order valence-electron chi connectivity index (χ3n) is 2.52. The van der Waals surface area contributed by atoms with Crippen LogP contribution in [0.4, 0.5) is 0 Å². The molecule has 1 atom stereocenters. The lowest BCUT2D eigenvalue weighted by molar-refractivity contribution is -0.137. The minimum absolute atomic E-state index is 0.0217. The Morgan fingerprint density at radius 2 is 2.29 bits per heavy atom. The first-order valence-corrected chi connectivity index (χ1v) is 7.05. The first-order chi connectivity index (χ1) is 8.08. The number of aromatic nitrogens is 1. The van der Waals surface area contributed by atoms with Gasteiger partial charge >= 0.3 is 5.97 Å². The lowest BCUT2D eigenvalue weighted by Gasteiger charge is -2.03. The molecule has 2 aromatic rings. The Kier molecular flexibility index (Phi) is 3.59. The maximum atomic E-state index is 10.7. The van der Waals surface area contributed by atoms with Crippen molar-refractivity contribution in [1.82, 2.24) is 4.98 Å². The van der Waals surface area contributed by atoms with Gasteiger partial charge in [0.1, 0.15) is 0 Å². The van der Waals surface area contributed by atoms with E-state index < -0.39 is 5.97 Å². The third-order valence-corrected chi connectivity index (χ3v) is 4.63. The molecule has 5 heteroatoms. The van der Waals surface area contributed by atoms with Crippen molar-refractivity contribution in [2.45, 2.75) is 26.2 Å². The normalized spacial score (nSPS) is 12.6. The summed E-state index contributed by atoms with van der Waals surface area (Å²) in [6, 6.07) is 2.07. The molecular formula is C12H13NO2S2. The summed E-state index contributed by atoms with van der Waals surface area (Å²) in [4.78, 5) is 16.4. The summed E-state index contributed by atoms with van der Waals surface area (Å²) in [6.45, 7) is 3.96. The van der Waals surface area contributed by atoms with E-state index >= 15 is 0 Å². The summed E-state index contributed by atoms with van der Waals surface area (Å²) in [5.74, 6) is -0.798. The van der Waals surface area contributed by atoms with E-state index in [9.17, 15) is 4.79 Å². The lowest BCUT2D eigenvalue weighted by atomic mass is 10.1. The van der Waals surface area contributed by atoms with E-state index in [2.05, 4.69) is 18.0 Å². The molecule has 0 saturated heterocycles. The van der Waals surface area contributed by atoms with Gasteiger partial charge in [0, 0.05) is 11.3 Å². The van der Waals surface area contributed by atoms with Crippen LogP contribution in [0.15, 0.2) is 16.8 Å². The zero-order valence-corrected chi connectivity index (χ0v) is 11.3. The van der Waals surface area contributed by atoms with Crippen LogP contribution in [0.5, 0.6) is 0 Å². The Balaban J connectivity index is 2.22. The summed E-state index contributed by atoms with van der Waals surface area (Å²) < 4.78 is 0. The van der Waals surface area contributed by atoms with E-state index in [0.717, 1.165) is 10.7 Å². The van der Waals surface area contributed by atoms with Gasteiger partial charge in [-0.1, -0.05) is 6.92 Å². The molecule has 0 aliphatic carbocycles. The van der Waals surface area contributed by atoms with E-state index in [1.165, 1.54) is 21.8 Å². The molecule has 1 N–H and O–H groups in total. The van der Waals surface area contributed by atoms with Gasteiger partial charge in [-0.25, -0.2) is 4.98 Å². The van der Waals surface area contributed by atoms with Gasteiger partial charge in [0.05, 0.1) is 22.0 Å². The van der Waals surface area contributed by atoms with E-state index in [0.29, 0.717) is 0 Å². The molecule has 0 bridgehead atoms. The largest absolute Gasteiger partial charge is 0.481 e. The van der Waals surface area contributed by atoms with E-state index in [-0.39, 0.29) is 12.3 Å². The minimum Gasteiger partial charge on any atom is -0.481 e. The quantitative estimate of drug-likeness (QED) is 0.917. The Labute approximate surface area is 108 Å². The predicted octanol–water partition coefficient (Wildman–Crippen LogP) is 3.76. The third kappa shape index (κ3) is 2.73. The fraction of sp³-hybridized carbons (Fsp3) is 0.333. The molecule has 2 heterocycles. The molecule has 17 heavy (non-hydrogen) atoms. The van der Waals surface area contributed by atoms with Crippen LogP contribution >= 0.6 is 22.7 Å². The Bertz CT molecular complexity index is 530. The van der Waals surface area contributed by atoms with E-state index in [4.69, 9.17) is 5.11 Å². The van der Waals surface area contributed by atoms with Gasteiger partial charge < -0.3 is 5.11 Å². The first-order valence-electron chi connectivity index (χ1n) is 5.29. The molecule has 0 saturated carbocycles. The first kappa shape index (κ1) is 12.3. The second kappa shape index (κ2) is 4.98. The molecule has 2 aromatic heterocycles. The molecule has 0 aliphatic heterocycles. The van der Waals surface area contributed by atoms with Crippen molar-refractivity contribution in [2.75, 3.05) is 0 Å². The number of rotatable bonds is 4. The zero-order valence-electron chi connectivity index (χ0n) is 9.64. The Hall–Kier alpha value is -1.20. The zero-order chi connectivity index (χ0) is 12.4. The fourth-order valence-corrected chi connectivity index (χ4v) is 3.43. The summed E-state index contributed by atoms with van der Waals surface area (Å²) in [7, 11) is 0. The maximum Gasteiger partial charge on any atom is 0.304 e. The SMILES string of the molecule is Cc1ccsc1-c1csc(C(C)CC(=O)O)n1. The van der Waals surface area contributed by atoms with Crippen molar-refractivity contribution in [2.24, 2.45) is 0 Å². The average Bonchev–Trinajstić information content (AvgIpc) is 2.84. The highest BCUT2D eigenvalue weighted by molar-refractivity contribution is 7.14. The molecule has 0 amide bonds. The molecule has 0 radical (unpaired) electrons. The van der Waals surface area contributed by atoms with Gasteiger partial charge in [-0.15, -0.1) is 22.7 Å². The second-order valence-corrected chi connectivity index (χ2v) is 5.81. The molecule has 0 aromatic carbocycles. The summed E-state index contributed by atoms with van der Waals surface area (Å²) in [6.07, 6.45) is 0.135. The number of thiazole rings is 1. The second-order valence-electron chi connectivity index (χ2n) is 4.00. The highest BCUT2D eigenvalue weighted by atomic mass is 32.1. The minimum atomic E-state index is -0.776. The molecule has 0 aliphatic rings. The van der Waals surface area contributed by atoms with Crippen molar-refractivity contribution < 1.29 is 9.90 Å². The number of thiophene rings is 1. The fourth-order valence-electron chi connectivity index (χ4n) is 1.60. The number of aryl methyl sites for hydroxylation is 1. The van der Waals surface area contributed by atoms with Crippen LogP contribution in [0.3, 0.4) is 0 Å². The van der Waals surface area contributed by atoms with Crippen molar-refractivity contribution in [3.8, 4) is 10.6 Å². The topological polar surface area (TPSA) is 50.2 Å². The standard InChI is InChI=1S/C12H13NO2S2/c1-7-3-4-16-11(7)9-6-17-12(13-9)8(2)5-10(14)15/h3-4,6,8H,5H2,1-2H3,(H,14,15). The predicted molar refractivity (Wildman–Crippen MR) is 70.8 cm³/mol. The summed E-state index contributed by atoms with van der Waals surface area (Å²) >= 11 is 3.21. The molecule has 1 unspecified atom stereocenters. The van der Waals surface area contributed by atoms with Crippen molar-refractivity contribution in [1.29, 1.82) is 0 Å². The molecule has 0 fully saturated rings. The van der Waals surface area contributed by atoms with Gasteiger partial charge in [-0.2, -0.15) is 0 Å². The van der Waals surface area contributed by atoms with E-state index in [1.54, 1.807) is 11.3 Å². The number of aliphatic carboxylic acids is 1. The molecule has 3 nitrogen and oxygen atoms in total. The van der Waals surface area contributed by atoms with Crippen LogP contribution in [0.25, 0.3) is 10.6 Å². The van der Waals surface area contributed by atoms with Gasteiger partial charge in [-0.3, -0.25) is 4.79 Å². The number of carbonyl (C=O) groups is 1. The molecule has 90 valence electrons. The average molecular weight is 267 g/mol. The van der Waals surface area contributed by atoms with Crippen LogP contribution in [-0.4, -0.2) is 16.1 Å². The van der Waals surface area contributed by atoms with Crippen LogP contribution in [0.1, 0.15) is 29.8 Å². The summed E-state index contributed by atoms with van der Waals surface area (Å²) in [5, 5.41) is 13.7.